The van der Waals surface area contributed by atoms with E-state index in [1.165, 1.54) is 12.8 Å². The minimum absolute atomic E-state index is 0.175. The summed E-state index contributed by atoms with van der Waals surface area (Å²) in [6, 6.07) is 0.294. The molecule has 1 atom stereocenters. The van der Waals surface area contributed by atoms with Gasteiger partial charge in [0, 0.05) is 29.3 Å². The average Bonchev–Trinajstić information content (AvgIpc) is 2.80. The van der Waals surface area contributed by atoms with E-state index in [0.717, 1.165) is 34.5 Å². The van der Waals surface area contributed by atoms with Crippen LogP contribution in [0.4, 0.5) is 0 Å². The van der Waals surface area contributed by atoms with Crippen LogP contribution >= 0.6 is 23.1 Å². The van der Waals surface area contributed by atoms with E-state index in [1.54, 1.807) is 23.1 Å². The fraction of sp³-hybridized carbons (Fsp3) is 0.750. The third-order valence-electron chi connectivity index (χ3n) is 3.22. The van der Waals surface area contributed by atoms with Gasteiger partial charge in [-0.2, -0.15) is 11.8 Å². The van der Waals surface area contributed by atoms with Gasteiger partial charge in [0.2, 0.25) is 5.91 Å². The molecule has 0 aliphatic rings. The minimum Gasteiger partial charge on any atom is -0.354 e. The Labute approximate surface area is 137 Å². The highest BCUT2D eigenvalue weighted by Gasteiger charge is 2.08. The number of rotatable bonds is 10. The van der Waals surface area contributed by atoms with E-state index in [-0.39, 0.29) is 5.91 Å². The molecule has 1 amide bonds. The van der Waals surface area contributed by atoms with E-state index in [1.807, 2.05) is 6.92 Å². The second-order valence-corrected chi connectivity index (χ2v) is 8.12. The number of aryl methyl sites for hydroxylation is 1. The van der Waals surface area contributed by atoms with Gasteiger partial charge < -0.3 is 5.32 Å². The number of thioether (sulfide) groups is 1. The monoisotopic (exact) mass is 328 g/mol. The summed E-state index contributed by atoms with van der Waals surface area (Å²) in [6.45, 7) is 8.60. The molecule has 3 nitrogen and oxygen atoms in total. The van der Waals surface area contributed by atoms with Crippen LogP contribution in [0, 0.1) is 12.8 Å². The van der Waals surface area contributed by atoms with E-state index in [0.29, 0.717) is 12.5 Å². The lowest BCUT2D eigenvalue weighted by Crippen LogP contribution is -2.32. The van der Waals surface area contributed by atoms with Crippen molar-refractivity contribution in [2.24, 2.45) is 5.92 Å². The van der Waals surface area contributed by atoms with Gasteiger partial charge in [-0.15, -0.1) is 11.3 Å². The number of carbonyl (C=O) groups excluding carboxylic acids is 1. The van der Waals surface area contributed by atoms with Crippen LogP contribution in [0.1, 0.15) is 57.2 Å². The van der Waals surface area contributed by atoms with Crippen molar-refractivity contribution in [3.05, 3.63) is 16.1 Å². The molecule has 0 fully saturated rings. The molecule has 0 aliphatic carbocycles. The molecule has 0 saturated heterocycles. The molecule has 1 rings (SSSR count). The number of nitrogens with one attached hydrogen (secondary N) is 1. The molecule has 21 heavy (non-hydrogen) atoms. The van der Waals surface area contributed by atoms with Gasteiger partial charge in [0.05, 0.1) is 10.7 Å². The minimum atomic E-state index is 0.175. The lowest BCUT2D eigenvalue weighted by Gasteiger charge is -2.14. The summed E-state index contributed by atoms with van der Waals surface area (Å²) in [7, 11) is 0. The van der Waals surface area contributed by atoms with Gasteiger partial charge in [0.15, 0.2) is 0 Å². The van der Waals surface area contributed by atoms with Crippen molar-refractivity contribution in [2.45, 2.75) is 65.2 Å². The highest BCUT2D eigenvalue weighted by atomic mass is 32.2. The van der Waals surface area contributed by atoms with Crippen LogP contribution in [0.5, 0.6) is 0 Å². The number of hydrogen-bond donors (Lipinski definition) is 1. The van der Waals surface area contributed by atoms with Crippen LogP contribution in [-0.4, -0.2) is 22.7 Å². The molecule has 1 aromatic heterocycles. The summed E-state index contributed by atoms with van der Waals surface area (Å²) >= 11 is 3.46. The molecule has 1 N–H and O–H groups in total. The quantitative estimate of drug-likeness (QED) is 0.647. The van der Waals surface area contributed by atoms with Gasteiger partial charge in [-0.1, -0.05) is 26.7 Å². The van der Waals surface area contributed by atoms with Crippen molar-refractivity contribution >= 4 is 29.0 Å². The summed E-state index contributed by atoms with van der Waals surface area (Å²) in [5.41, 5.74) is 1.13. The predicted octanol–water partition coefficient (Wildman–Crippen LogP) is 4.41. The van der Waals surface area contributed by atoms with Gasteiger partial charge in [-0.3, -0.25) is 4.79 Å². The van der Waals surface area contributed by atoms with Crippen molar-refractivity contribution in [3.63, 3.8) is 0 Å². The topological polar surface area (TPSA) is 42.0 Å². The van der Waals surface area contributed by atoms with Crippen LogP contribution in [0.25, 0.3) is 0 Å². The first kappa shape index (κ1) is 18.5. The number of aromatic nitrogens is 1. The second kappa shape index (κ2) is 10.2. The van der Waals surface area contributed by atoms with Gasteiger partial charge in [0.25, 0.3) is 0 Å². The first-order valence-corrected chi connectivity index (χ1v) is 9.79. The number of hydrogen-bond acceptors (Lipinski definition) is 4. The normalized spacial score (nSPS) is 12.6. The fourth-order valence-electron chi connectivity index (χ4n) is 2.07. The SMILES string of the molecule is Cc1nc(CSCCC(=O)N[C@H](C)CCCC(C)C)cs1. The largest absolute Gasteiger partial charge is 0.354 e. The van der Waals surface area contributed by atoms with Gasteiger partial charge in [-0.25, -0.2) is 4.98 Å². The zero-order valence-corrected chi connectivity index (χ0v) is 15.3. The molecule has 0 spiro atoms. The van der Waals surface area contributed by atoms with Crippen LogP contribution in [0.15, 0.2) is 5.38 Å². The molecule has 0 unspecified atom stereocenters. The summed E-state index contributed by atoms with van der Waals surface area (Å²) in [5, 5.41) is 6.30. The van der Waals surface area contributed by atoms with Crippen LogP contribution in [-0.2, 0) is 10.5 Å². The Balaban J connectivity index is 2.05. The molecule has 0 aromatic carbocycles. The third-order valence-corrected chi connectivity index (χ3v) is 5.03. The van der Waals surface area contributed by atoms with Crippen molar-refractivity contribution in [1.29, 1.82) is 0 Å². The molecule has 120 valence electrons. The Morgan fingerprint density at radius 3 is 2.76 bits per heavy atom. The molecule has 0 radical (unpaired) electrons. The molecule has 0 saturated carbocycles. The molecular formula is C16H28N2OS2. The number of thiazole rings is 1. The number of carbonyl (C=O) groups is 1. The van der Waals surface area contributed by atoms with E-state index < -0.39 is 0 Å². The van der Waals surface area contributed by atoms with E-state index >= 15 is 0 Å². The maximum atomic E-state index is 11.8. The van der Waals surface area contributed by atoms with Crippen LogP contribution in [0.2, 0.25) is 0 Å². The third kappa shape index (κ3) is 9.14. The van der Waals surface area contributed by atoms with Crippen molar-refractivity contribution in [2.75, 3.05) is 5.75 Å². The number of nitrogens with zero attached hydrogens (tertiary/aromatic N) is 1. The van der Waals surface area contributed by atoms with Gasteiger partial charge in [0.1, 0.15) is 0 Å². The summed E-state index contributed by atoms with van der Waals surface area (Å²) in [5.74, 6) is 2.69. The zero-order valence-electron chi connectivity index (χ0n) is 13.6. The van der Waals surface area contributed by atoms with Crippen molar-refractivity contribution in [1.82, 2.24) is 10.3 Å². The lowest BCUT2D eigenvalue weighted by molar-refractivity contribution is -0.121. The summed E-state index contributed by atoms with van der Waals surface area (Å²) in [4.78, 5) is 16.2. The van der Waals surface area contributed by atoms with Crippen LogP contribution in [0.3, 0.4) is 0 Å². The average molecular weight is 329 g/mol. The zero-order chi connectivity index (χ0) is 15.7. The Hall–Kier alpha value is -0.550. The smallest absolute Gasteiger partial charge is 0.221 e. The van der Waals surface area contributed by atoms with E-state index in [9.17, 15) is 4.79 Å². The van der Waals surface area contributed by atoms with Crippen molar-refractivity contribution in [3.8, 4) is 0 Å². The van der Waals surface area contributed by atoms with E-state index in [2.05, 4.69) is 36.5 Å². The molecule has 1 aromatic rings. The molecule has 0 aliphatic heterocycles. The first-order chi connectivity index (χ1) is 9.97. The summed E-state index contributed by atoms with van der Waals surface area (Å²) in [6.07, 6.45) is 4.11. The van der Waals surface area contributed by atoms with Gasteiger partial charge in [-0.05, 0) is 26.2 Å². The highest BCUT2D eigenvalue weighted by molar-refractivity contribution is 7.98. The number of amides is 1. The van der Waals surface area contributed by atoms with Crippen LogP contribution < -0.4 is 5.32 Å². The standard InChI is InChI=1S/C16H28N2OS2/c1-12(2)6-5-7-13(3)17-16(19)8-9-20-10-15-11-21-14(4)18-15/h11-13H,5-10H2,1-4H3,(H,17,19)/t13-/m1/s1. The fourth-order valence-corrected chi connectivity index (χ4v) is 3.62. The Morgan fingerprint density at radius 1 is 1.38 bits per heavy atom. The first-order valence-electron chi connectivity index (χ1n) is 7.75. The van der Waals surface area contributed by atoms with Gasteiger partial charge >= 0.3 is 0 Å². The molecule has 5 heteroatoms. The predicted molar refractivity (Wildman–Crippen MR) is 93.9 cm³/mol. The summed E-state index contributed by atoms with van der Waals surface area (Å²) < 4.78 is 0. The van der Waals surface area contributed by atoms with E-state index in [4.69, 9.17) is 0 Å². The molecule has 1 heterocycles. The maximum absolute atomic E-state index is 11.8. The Bertz CT molecular complexity index is 418. The highest BCUT2D eigenvalue weighted by Crippen LogP contribution is 2.15. The molecule has 0 bridgehead atoms. The van der Waals surface area contributed by atoms with Crippen molar-refractivity contribution < 1.29 is 4.79 Å². The second-order valence-electron chi connectivity index (χ2n) is 5.95. The molecular weight excluding hydrogens is 300 g/mol. The Morgan fingerprint density at radius 2 is 2.14 bits per heavy atom. The lowest BCUT2D eigenvalue weighted by atomic mass is 10.0. The Kier molecular flexibility index (Phi) is 9.00. The maximum Gasteiger partial charge on any atom is 0.221 e.